The van der Waals surface area contributed by atoms with E-state index >= 15 is 0 Å². The normalized spacial score (nSPS) is 10.6. The molecular formula is C15H18N2O2. The molecule has 0 atom stereocenters. The minimum atomic E-state index is -0.0238. The summed E-state index contributed by atoms with van der Waals surface area (Å²) in [5.41, 5.74) is 6.13. The molecule has 4 nitrogen and oxygen atoms in total. The van der Waals surface area contributed by atoms with E-state index in [-0.39, 0.29) is 11.7 Å². The maximum Gasteiger partial charge on any atom is 0.224 e. The number of aromatic hydroxyl groups is 1. The fourth-order valence-corrected chi connectivity index (χ4v) is 2.04. The Labute approximate surface area is 112 Å². The first-order valence-corrected chi connectivity index (χ1v) is 6.43. The second kappa shape index (κ2) is 6.20. The Morgan fingerprint density at radius 3 is 2.63 bits per heavy atom. The Kier molecular flexibility index (Phi) is 4.36. The molecular weight excluding hydrogens is 240 g/mol. The molecule has 4 heteroatoms. The van der Waals surface area contributed by atoms with Gasteiger partial charge in [-0.2, -0.15) is 0 Å². The summed E-state index contributed by atoms with van der Waals surface area (Å²) in [6, 6.07) is 10.8. The van der Waals surface area contributed by atoms with Gasteiger partial charge in [-0.1, -0.05) is 24.3 Å². The highest BCUT2D eigenvalue weighted by molar-refractivity contribution is 6.03. The summed E-state index contributed by atoms with van der Waals surface area (Å²) in [7, 11) is 0. The monoisotopic (exact) mass is 258 g/mol. The predicted molar refractivity (Wildman–Crippen MR) is 77.1 cm³/mol. The van der Waals surface area contributed by atoms with Crippen LogP contribution < -0.4 is 11.1 Å². The van der Waals surface area contributed by atoms with Gasteiger partial charge in [0.1, 0.15) is 5.75 Å². The molecule has 4 N–H and O–H groups in total. The van der Waals surface area contributed by atoms with Crippen LogP contribution in [0.4, 0.5) is 5.69 Å². The number of hydrogen-bond donors (Lipinski definition) is 3. The number of rotatable bonds is 5. The van der Waals surface area contributed by atoms with Gasteiger partial charge >= 0.3 is 0 Å². The first-order valence-electron chi connectivity index (χ1n) is 6.43. The third-order valence-corrected chi connectivity index (χ3v) is 3.03. The number of nitrogens with two attached hydrogens (primary N) is 1. The van der Waals surface area contributed by atoms with Crippen LogP contribution in [-0.4, -0.2) is 17.6 Å². The van der Waals surface area contributed by atoms with Crippen LogP contribution in [0.5, 0.6) is 5.75 Å². The number of fused-ring (bicyclic) bond motifs is 1. The van der Waals surface area contributed by atoms with Gasteiger partial charge in [-0.3, -0.25) is 4.79 Å². The van der Waals surface area contributed by atoms with Crippen LogP contribution in [0.15, 0.2) is 36.4 Å². The predicted octanol–water partition coefficient (Wildman–Crippen LogP) is 2.61. The van der Waals surface area contributed by atoms with Crippen molar-refractivity contribution in [3.63, 3.8) is 0 Å². The summed E-state index contributed by atoms with van der Waals surface area (Å²) >= 11 is 0. The molecule has 2 rings (SSSR count). The summed E-state index contributed by atoms with van der Waals surface area (Å²) in [5.74, 6) is 0.195. The summed E-state index contributed by atoms with van der Waals surface area (Å²) in [6.45, 7) is 0.607. The van der Waals surface area contributed by atoms with Crippen LogP contribution in [0.1, 0.15) is 19.3 Å². The highest BCUT2D eigenvalue weighted by atomic mass is 16.3. The number of phenols is 1. The second-order valence-electron chi connectivity index (χ2n) is 4.47. The molecule has 0 spiro atoms. The highest BCUT2D eigenvalue weighted by Gasteiger charge is 2.07. The minimum Gasteiger partial charge on any atom is -0.507 e. The molecule has 0 aliphatic heterocycles. The first-order chi connectivity index (χ1) is 9.22. The molecule has 2 aromatic rings. The number of anilines is 1. The van der Waals surface area contributed by atoms with E-state index in [1.54, 1.807) is 12.1 Å². The lowest BCUT2D eigenvalue weighted by molar-refractivity contribution is -0.116. The number of benzene rings is 2. The average molecular weight is 258 g/mol. The van der Waals surface area contributed by atoms with Crippen molar-refractivity contribution in [2.75, 3.05) is 11.9 Å². The van der Waals surface area contributed by atoms with E-state index in [4.69, 9.17) is 5.73 Å². The topological polar surface area (TPSA) is 75.4 Å². The average Bonchev–Trinajstić information content (AvgIpc) is 2.40. The standard InChI is InChI=1S/C15H18N2O2/c16-10-2-1-9-15(19)17-13-7-3-6-12-11(13)5-4-8-14(12)18/h3-8,18H,1-2,9-10,16H2,(H,17,19). The van der Waals surface area contributed by atoms with Crippen molar-refractivity contribution >= 4 is 22.4 Å². The van der Waals surface area contributed by atoms with E-state index in [2.05, 4.69) is 5.32 Å². The lowest BCUT2D eigenvalue weighted by Gasteiger charge is -2.09. The van der Waals surface area contributed by atoms with E-state index in [9.17, 15) is 9.90 Å². The van der Waals surface area contributed by atoms with E-state index in [0.717, 1.165) is 29.3 Å². The van der Waals surface area contributed by atoms with Gasteiger partial charge in [-0.25, -0.2) is 0 Å². The second-order valence-corrected chi connectivity index (χ2v) is 4.47. The number of carbonyl (C=O) groups is 1. The van der Waals surface area contributed by atoms with Gasteiger partial charge in [-0.15, -0.1) is 0 Å². The van der Waals surface area contributed by atoms with Gasteiger partial charge in [0.05, 0.1) is 0 Å². The fourth-order valence-electron chi connectivity index (χ4n) is 2.04. The van der Waals surface area contributed by atoms with Crippen LogP contribution in [0.25, 0.3) is 10.8 Å². The Bertz CT molecular complexity index is 581. The molecule has 0 saturated carbocycles. The van der Waals surface area contributed by atoms with Gasteiger partial charge in [0.25, 0.3) is 0 Å². The van der Waals surface area contributed by atoms with Crippen molar-refractivity contribution in [2.45, 2.75) is 19.3 Å². The zero-order valence-corrected chi connectivity index (χ0v) is 10.7. The molecule has 100 valence electrons. The Hall–Kier alpha value is -2.07. The van der Waals surface area contributed by atoms with Crippen LogP contribution in [0.2, 0.25) is 0 Å². The number of unbranched alkanes of at least 4 members (excludes halogenated alkanes) is 1. The molecule has 0 unspecified atom stereocenters. The lowest BCUT2D eigenvalue weighted by Crippen LogP contribution is -2.12. The van der Waals surface area contributed by atoms with Crippen LogP contribution in [0, 0.1) is 0 Å². The van der Waals surface area contributed by atoms with E-state index in [1.807, 2.05) is 24.3 Å². The van der Waals surface area contributed by atoms with Crippen LogP contribution >= 0.6 is 0 Å². The molecule has 0 saturated heterocycles. The van der Waals surface area contributed by atoms with Gasteiger partial charge in [-0.05, 0) is 31.5 Å². The zero-order chi connectivity index (χ0) is 13.7. The molecule has 0 bridgehead atoms. The summed E-state index contributed by atoms with van der Waals surface area (Å²) in [5, 5.41) is 14.2. The van der Waals surface area contributed by atoms with Crippen LogP contribution in [0.3, 0.4) is 0 Å². The fraction of sp³-hybridized carbons (Fsp3) is 0.267. The van der Waals surface area contributed by atoms with E-state index in [0.29, 0.717) is 13.0 Å². The first kappa shape index (κ1) is 13.4. The number of nitrogens with one attached hydrogen (secondary N) is 1. The third-order valence-electron chi connectivity index (χ3n) is 3.03. The lowest BCUT2D eigenvalue weighted by atomic mass is 10.1. The van der Waals surface area contributed by atoms with Crippen molar-refractivity contribution in [2.24, 2.45) is 5.73 Å². The quantitative estimate of drug-likeness (QED) is 0.722. The number of carbonyl (C=O) groups excluding carboxylic acids is 1. The molecule has 0 aliphatic carbocycles. The molecule has 1 amide bonds. The van der Waals surface area contributed by atoms with E-state index in [1.165, 1.54) is 0 Å². The van der Waals surface area contributed by atoms with Crippen molar-refractivity contribution in [3.8, 4) is 5.75 Å². The Morgan fingerprint density at radius 2 is 1.84 bits per heavy atom. The molecule has 19 heavy (non-hydrogen) atoms. The molecule has 0 aromatic heterocycles. The van der Waals surface area contributed by atoms with Gasteiger partial charge in [0.2, 0.25) is 5.91 Å². The molecule has 0 radical (unpaired) electrons. The largest absolute Gasteiger partial charge is 0.507 e. The third kappa shape index (κ3) is 3.23. The zero-order valence-electron chi connectivity index (χ0n) is 10.7. The molecule has 0 fully saturated rings. The summed E-state index contributed by atoms with van der Waals surface area (Å²) < 4.78 is 0. The Balaban J connectivity index is 2.17. The number of amides is 1. The maximum absolute atomic E-state index is 11.8. The van der Waals surface area contributed by atoms with Crippen molar-refractivity contribution < 1.29 is 9.90 Å². The molecule has 0 heterocycles. The number of hydrogen-bond acceptors (Lipinski definition) is 3. The van der Waals surface area contributed by atoms with Crippen molar-refractivity contribution in [1.82, 2.24) is 0 Å². The number of phenolic OH excluding ortho intramolecular Hbond substituents is 1. The Morgan fingerprint density at radius 1 is 1.11 bits per heavy atom. The minimum absolute atomic E-state index is 0.0238. The summed E-state index contributed by atoms with van der Waals surface area (Å²) in [4.78, 5) is 11.8. The van der Waals surface area contributed by atoms with Crippen LogP contribution in [-0.2, 0) is 4.79 Å². The highest BCUT2D eigenvalue weighted by Crippen LogP contribution is 2.29. The summed E-state index contributed by atoms with van der Waals surface area (Å²) in [6.07, 6.45) is 2.11. The van der Waals surface area contributed by atoms with Gasteiger partial charge in [0, 0.05) is 22.9 Å². The van der Waals surface area contributed by atoms with Crippen molar-refractivity contribution in [1.29, 1.82) is 0 Å². The van der Waals surface area contributed by atoms with Gasteiger partial charge < -0.3 is 16.2 Å². The maximum atomic E-state index is 11.8. The molecule has 0 aliphatic rings. The SMILES string of the molecule is NCCCCC(=O)Nc1cccc2c(O)cccc12. The van der Waals surface area contributed by atoms with Gasteiger partial charge in [0.15, 0.2) is 0 Å². The smallest absolute Gasteiger partial charge is 0.224 e. The van der Waals surface area contributed by atoms with Crippen molar-refractivity contribution in [3.05, 3.63) is 36.4 Å². The molecule has 2 aromatic carbocycles. The van der Waals surface area contributed by atoms with E-state index < -0.39 is 0 Å².